The molecule has 0 aromatic heterocycles. The number of nitrogens with one attached hydrogen (secondary N) is 2. The van der Waals surface area contributed by atoms with E-state index in [4.69, 9.17) is 0 Å². The molecule has 4 amide bonds. The zero-order chi connectivity index (χ0) is 29.2. The van der Waals surface area contributed by atoms with Crippen LogP contribution in [0, 0.1) is 11.7 Å². The maximum atomic E-state index is 14.4. The second kappa shape index (κ2) is 11.7. The van der Waals surface area contributed by atoms with Gasteiger partial charge in [-0.25, -0.2) is 4.39 Å². The minimum absolute atomic E-state index is 0.00512. The lowest BCUT2D eigenvalue weighted by molar-refractivity contribution is -0.139. The summed E-state index contributed by atoms with van der Waals surface area (Å²) >= 11 is 0. The molecule has 0 bridgehead atoms. The number of aryl methyl sites for hydroxylation is 1. The zero-order valence-electron chi connectivity index (χ0n) is 23.8. The Labute approximate surface area is 234 Å². The third kappa shape index (κ3) is 5.66. The highest BCUT2D eigenvalue weighted by Crippen LogP contribution is 2.39. The molecule has 10 heteroatoms. The molecule has 2 aliphatic rings. The lowest BCUT2D eigenvalue weighted by Crippen LogP contribution is -2.60. The molecule has 0 radical (unpaired) electrons. The number of hydrogen-bond donors (Lipinski definition) is 2. The minimum Gasteiger partial charge on any atom is -0.341 e. The number of nitrogens with zero attached hydrogens (tertiary/aromatic N) is 3. The summed E-state index contributed by atoms with van der Waals surface area (Å²) in [5.41, 5.74) is 1.50. The summed E-state index contributed by atoms with van der Waals surface area (Å²) < 4.78 is 14.4. The van der Waals surface area contributed by atoms with Crippen LogP contribution >= 0.6 is 0 Å². The van der Waals surface area contributed by atoms with Gasteiger partial charge in [0.25, 0.3) is 5.91 Å². The van der Waals surface area contributed by atoms with Crippen molar-refractivity contribution in [2.75, 3.05) is 37.0 Å². The van der Waals surface area contributed by atoms with Crippen molar-refractivity contribution in [1.29, 1.82) is 0 Å². The van der Waals surface area contributed by atoms with Gasteiger partial charge in [0, 0.05) is 38.4 Å². The van der Waals surface area contributed by atoms with Crippen molar-refractivity contribution >= 4 is 35.0 Å². The van der Waals surface area contributed by atoms with E-state index >= 15 is 0 Å². The molecule has 2 aromatic rings. The van der Waals surface area contributed by atoms with Crippen molar-refractivity contribution < 1.29 is 23.6 Å². The fraction of sp³-hybridized carbons (Fsp3) is 0.467. The van der Waals surface area contributed by atoms with Gasteiger partial charge in [-0.2, -0.15) is 0 Å². The number of rotatable bonds is 7. The highest BCUT2D eigenvalue weighted by Gasteiger charge is 2.53. The van der Waals surface area contributed by atoms with Gasteiger partial charge in [-0.1, -0.05) is 26.8 Å². The summed E-state index contributed by atoms with van der Waals surface area (Å²) in [5.74, 6) is -1.86. The largest absolute Gasteiger partial charge is 0.341 e. The van der Waals surface area contributed by atoms with Crippen LogP contribution in [0.3, 0.4) is 0 Å². The Hall–Kier alpha value is -3.95. The Morgan fingerprint density at radius 2 is 1.70 bits per heavy atom. The fourth-order valence-electron chi connectivity index (χ4n) is 5.62. The molecular weight excluding hydrogens is 513 g/mol. The number of carbonyl (C=O) groups excluding carboxylic acids is 4. The first-order chi connectivity index (χ1) is 19.0. The van der Waals surface area contributed by atoms with Gasteiger partial charge in [-0.05, 0) is 67.1 Å². The molecular formula is C30H38FN5O4. The number of benzene rings is 2. The Kier molecular flexibility index (Phi) is 8.46. The number of hydrogen-bond acceptors (Lipinski definition) is 5. The predicted molar refractivity (Wildman–Crippen MR) is 151 cm³/mol. The van der Waals surface area contributed by atoms with E-state index < -0.39 is 23.3 Å². The number of likely N-dealkylation sites (N-methyl/N-ethyl adjacent to an activating group) is 1. The standard InChI is InChI=1S/C30H38FN5O4/c1-6-21-7-12-25(31)24(17-21)27(38)33-26(19(2)3)28(39)35-15-13-30(14-16-35)29(40)34(5)18-36(30)23-10-8-22(9-11-23)32-20(4)37/h7-12,17,19,26H,6,13-16,18H2,1-5H3,(H,32,37)(H,33,38). The first-order valence-electron chi connectivity index (χ1n) is 13.8. The summed E-state index contributed by atoms with van der Waals surface area (Å²) in [6.07, 6.45) is 1.52. The molecule has 1 atom stereocenters. The highest BCUT2D eigenvalue weighted by atomic mass is 19.1. The normalized spacial score (nSPS) is 17.4. The molecule has 2 heterocycles. The lowest BCUT2D eigenvalue weighted by Gasteiger charge is -2.44. The number of anilines is 2. The second-order valence-corrected chi connectivity index (χ2v) is 11.0. The molecule has 214 valence electrons. The van der Waals surface area contributed by atoms with E-state index in [0.717, 1.165) is 11.3 Å². The maximum absolute atomic E-state index is 14.4. The maximum Gasteiger partial charge on any atom is 0.254 e. The Morgan fingerprint density at radius 1 is 1.05 bits per heavy atom. The van der Waals surface area contributed by atoms with E-state index in [0.29, 0.717) is 44.7 Å². The fourth-order valence-corrected chi connectivity index (χ4v) is 5.62. The summed E-state index contributed by atoms with van der Waals surface area (Å²) in [6.45, 7) is 8.16. The quantitative estimate of drug-likeness (QED) is 0.549. The molecule has 1 unspecified atom stereocenters. The Morgan fingerprint density at radius 3 is 2.27 bits per heavy atom. The monoisotopic (exact) mass is 551 g/mol. The zero-order valence-corrected chi connectivity index (χ0v) is 23.8. The molecule has 0 saturated carbocycles. The van der Waals surface area contributed by atoms with Crippen molar-refractivity contribution in [1.82, 2.24) is 15.1 Å². The van der Waals surface area contributed by atoms with Gasteiger partial charge in [0.15, 0.2) is 0 Å². The summed E-state index contributed by atoms with van der Waals surface area (Å²) in [7, 11) is 1.77. The number of amides is 4. The highest BCUT2D eigenvalue weighted by molar-refractivity contribution is 5.98. The third-order valence-electron chi connectivity index (χ3n) is 7.92. The van der Waals surface area contributed by atoms with Gasteiger partial charge >= 0.3 is 0 Å². The van der Waals surface area contributed by atoms with Crippen LogP contribution < -0.4 is 15.5 Å². The minimum atomic E-state index is -0.828. The molecule has 2 fully saturated rings. The van der Waals surface area contributed by atoms with Gasteiger partial charge in [0.1, 0.15) is 17.4 Å². The topological polar surface area (TPSA) is 102 Å². The first kappa shape index (κ1) is 29.0. The molecule has 2 aromatic carbocycles. The first-order valence-corrected chi connectivity index (χ1v) is 13.8. The van der Waals surface area contributed by atoms with E-state index in [2.05, 4.69) is 15.5 Å². The molecule has 2 saturated heterocycles. The molecule has 4 rings (SSSR count). The third-order valence-corrected chi connectivity index (χ3v) is 7.92. The summed E-state index contributed by atoms with van der Waals surface area (Å²) in [5, 5.41) is 5.52. The summed E-state index contributed by atoms with van der Waals surface area (Å²) in [6, 6.07) is 11.0. The van der Waals surface area contributed by atoms with E-state index in [1.54, 1.807) is 35.0 Å². The molecule has 9 nitrogen and oxygen atoms in total. The van der Waals surface area contributed by atoms with Gasteiger partial charge in [0.05, 0.1) is 12.2 Å². The number of halogens is 1. The van der Waals surface area contributed by atoms with Gasteiger partial charge < -0.3 is 25.3 Å². The number of likely N-dealkylation sites (tertiary alicyclic amines) is 1. The van der Waals surface area contributed by atoms with Crippen LogP contribution in [0.4, 0.5) is 15.8 Å². The van der Waals surface area contributed by atoms with Crippen molar-refractivity contribution in [2.45, 2.75) is 58.5 Å². The summed E-state index contributed by atoms with van der Waals surface area (Å²) in [4.78, 5) is 56.9. The molecule has 1 spiro atoms. The second-order valence-electron chi connectivity index (χ2n) is 11.0. The Bertz CT molecular complexity index is 1290. The molecule has 2 N–H and O–H groups in total. The average molecular weight is 552 g/mol. The van der Waals surface area contributed by atoms with Crippen molar-refractivity contribution in [3.63, 3.8) is 0 Å². The molecule has 0 aliphatic carbocycles. The van der Waals surface area contributed by atoms with Crippen LogP contribution in [0.1, 0.15) is 56.5 Å². The molecule has 40 heavy (non-hydrogen) atoms. The van der Waals surface area contributed by atoms with Crippen LogP contribution in [0.5, 0.6) is 0 Å². The Balaban J connectivity index is 1.48. The number of piperidine rings is 1. The number of carbonyl (C=O) groups is 4. The van der Waals surface area contributed by atoms with E-state index in [1.165, 1.54) is 19.1 Å². The van der Waals surface area contributed by atoms with Crippen molar-refractivity contribution in [3.05, 3.63) is 59.4 Å². The van der Waals surface area contributed by atoms with Crippen LogP contribution in [0.25, 0.3) is 0 Å². The van der Waals surface area contributed by atoms with Gasteiger partial charge in [0.2, 0.25) is 17.7 Å². The van der Waals surface area contributed by atoms with E-state index in [1.807, 2.05) is 32.9 Å². The lowest BCUT2D eigenvalue weighted by atomic mass is 9.85. The average Bonchev–Trinajstić information content (AvgIpc) is 3.16. The van der Waals surface area contributed by atoms with E-state index in [-0.39, 0.29) is 29.2 Å². The van der Waals surface area contributed by atoms with Gasteiger partial charge in [-0.15, -0.1) is 0 Å². The predicted octanol–water partition coefficient (Wildman–Crippen LogP) is 3.40. The van der Waals surface area contributed by atoms with Crippen molar-refractivity contribution in [3.8, 4) is 0 Å². The van der Waals surface area contributed by atoms with Gasteiger partial charge in [-0.3, -0.25) is 19.2 Å². The van der Waals surface area contributed by atoms with Crippen molar-refractivity contribution in [2.24, 2.45) is 5.92 Å². The molecule has 2 aliphatic heterocycles. The SMILES string of the molecule is CCc1ccc(F)c(C(=O)NC(C(=O)N2CCC3(CC2)C(=O)N(C)CN3c2ccc(NC(C)=O)cc2)C(C)C)c1. The smallest absolute Gasteiger partial charge is 0.254 e. The van der Waals surface area contributed by atoms with E-state index in [9.17, 15) is 23.6 Å². The van der Waals surface area contributed by atoms with Crippen LogP contribution in [-0.4, -0.2) is 71.8 Å². The van der Waals surface area contributed by atoms with Crippen LogP contribution in [0.15, 0.2) is 42.5 Å². The van der Waals surface area contributed by atoms with Crippen LogP contribution in [-0.2, 0) is 20.8 Å². The van der Waals surface area contributed by atoms with Crippen LogP contribution in [0.2, 0.25) is 0 Å².